The summed E-state index contributed by atoms with van der Waals surface area (Å²) in [6, 6.07) is 7.22. The number of nitrogens with zero attached hydrogens (tertiary/aromatic N) is 1. The van der Waals surface area contributed by atoms with E-state index in [2.05, 4.69) is 15.6 Å². The van der Waals surface area contributed by atoms with Crippen molar-refractivity contribution in [3.05, 3.63) is 56.7 Å². The number of hydrogen-bond acceptors (Lipinski definition) is 2. The highest BCUT2D eigenvalue weighted by Crippen LogP contribution is 2.21. The van der Waals surface area contributed by atoms with Crippen LogP contribution in [0.15, 0.2) is 35.3 Å². The van der Waals surface area contributed by atoms with Gasteiger partial charge in [-0.25, -0.2) is 8.78 Å². The van der Waals surface area contributed by atoms with Gasteiger partial charge in [0.25, 0.3) is 0 Å². The topological polar surface area (TPSA) is 36.4 Å². The Labute approximate surface area is 137 Å². The number of nitrogens with one attached hydrogen (secondary N) is 2. The summed E-state index contributed by atoms with van der Waals surface area (Å²) in [6.45, 7) is 0.830. The summed E-state index contributed by atoms with van der Waals surface area (Å²) in [5.41, 5.74) is 0.257. The summed E-state index contributed by atoms with van der Waals surface area (Å²) in [4.78, 5) is 5.22. The highest BCUT2D eigenvalue weighted by Gasteiger charge is 2.05. The second kappa shape index (κ2) is 8.10. The van der Waals surface area contributed by atoms with E-state index in [0.29, 0.717) is 12.5 Å². The van der Waals surface area contributed by atoms with Crippen molar-refractivity contribution in [1.29, 1.82) is 0 Å². The van der Waals surface area contributed by atoms with E-state index in [9.17, 15) is 8.78 Å². The zero-order chi connectivity index (χ0) is 15.9. The van der Waals surface area contributed by atoms with Crippen LogP contribution in [-0.2, 0) is 13.0 Å². The van der Waals surface area contributed by atoms with Crippen LogP contribution in [0.25, 0.3) is 0 Å². The van der Waals surface area contributed by atoms with Crippen LogP contribution in [0, 0.1) is 11.6 Å². The van der Waals surface area contributed by atoms with Crippen LogP contribution in [0.5, 0.6) is 0 Å². The van der Waals surface area contributed by atoms with Crippen LogP contribution in [0.3, 0.4) is 0 Å². The second-order valence-corrected chi connectivity index (χ2v) is 6.34. The van der Waals surface area contributed by atoms with Crippen LogP contribution < -0.4 is 10.6 Å². The quantitative estimate of drug-likeness (QED) is 0.643. The maximum atomic E-state index is 13.5. The number of thiophene rings is 1. The fourth-order valence-electron chi connectivity index (χ4n) is 1.87. The lowest BCUT2D eigenvalue weighted by molar-refractivity contribution is 0.581. The maximum absolute atomic E-state index is 13.5. The molecule has 0 atom stereocenters. The summed E-state index contributed by atoms with van der Waals surface area (Å²) in [7, 11) is 1.62. The van der Waals surface area contributed by atoms with Crippen molar-refractivity contribution in [3.8, 4) is 0 Å². The molecular weight excluding hydrogens is 328 g/mol. The van der Waals surface area contributed by atoms with E-state index in [4.69, 9.17) is 11.6 Å². The van der Waals surface area contributed by atoms with E-state index in [1.165, 1.54) is 22.3 Å². The van der Waals surface area contributed by atoms with Crippen molar-refractivity contribution in [1.82, 2.24) is 10.6 Å². The Balaban J connectivity index is 1.81. The van der Waals surface area contributed by atoms with Gasteiger partial charge in [0, 0.05) is 30.6 Å². The first-order chi connectivity index (χ1) is 10.6. The predicted octanol–water partition coefficient (Wildman–Crippen LogP) is 3.59. The number of rotatable bonds is 5. The summed E-state index contributed by atoms with van der Waals surface area (Å²) in [6.07, 6.45) is 0.812. The summed E-state index contributed by atoms with van der Waals surface area (Å²) in [5, 5.41) is 6.07. The number of benzene rings is 1. The largest absolute Gasteiger partial charge is 0.356 e. The van der Waals surface area contributed by atoms with E-state index in [1.54, 1.807) is 7.05 Å². The van der Waals surface area contributed by atoms with Gasteiger partial charge in [-0.3, -0.25) is 4.99 Å². The second-order valence-electron chi connectivity index (χ2n) is 4.54. The van der Waals surface area contributed by atoms with E-state index in [0.717, 1.165) is 22.9 Å². The molecule has 0 saturated heterocycles. The van der Waals surface area contributed by atoms with Gasteiger partial charge in [0.05, 0.1) is 4.34 Å². The van der Waals surface area contributed by atoms with Crippen molar-refractivity contribution < 1.29 is 8.78 Å². The van der Waals surface area contributed by atoms with Crippen LogP contribution >= 0.6 is 22.9 Å². The number of halogens is 3. The SMILES string of the molecule is CN=C(NCCc1ccc(Cl)s1)NCc1cc(F)ccc1F. The van der Waals surface area contributed by atoms with E-state index in [-0.39, 0.29) is 12.1 Å². The summed E-state index contributed by atoms with van der Waals surface area (Å²) >= 11 is 7.40. The molecule has 0 spiro atoms. The molecule has 0 aliphatic heterocycles. The highest BCUT2D eigenvalue weighted by molar-refractivity contribution is 7.16. The van der Waals surface area contributed by atoms with Gasteiger partial charge in [0.15, 0.2) is 5.96 Å². The molecule has 1 heterocycles. The van der Waals surface area contributed by atoms with Crippen molar-refractivity contribution in [2.75, 3.05) is 13.6 Å². The molecule has 7 heteroatoms. The van der Waals surface area contributed by atoms with Crippen molar-refractivity contribution in [2.45, 2.75) is 13.0 Å². The molecule has 0 saturated carbocycles. The molecule has 0 fully saturated rings. The molecule has 0 bridgehead atoms. The Morgan fingerprint density at radius 3 is 2.73 bits per heavy atom. The van der Waals surface area contributed by atoms with Crippen LogP contribution in [0.4, 0.5) is 8.78 Å². The van der Waals surface area contributed by atoms with Gasteiger partial charge >= 0.3 is 0 Å². The minimum Gasteiger partial charge on any atom is -0.356 e. The predicted molar refractivity (Wildman–Crippen MR) is 87.6 cm³/mol. The molecule has 0 aliphatic rings. The zero-order valence-corrected chi connectivity index (χ0v) is 13.6. The van der Waals surface area contributed by atoms with Gasteiger partial charge in [0.2, 0.25) is 0 Å². The molecule has 3 nitrogen and oxygen atoms in total. The number of guanidine groups is 1. The molecule has 2 rings (SSSR count). The van der Waals surface area contributed by atoms with Crippen molar-refractivity contribution in [2.24, 2.45) is 4.99 Å². The smallest absolute Gasteiger partial charge is 0.191 e. The third-order valence-corrected chi connectivity index (χ3v) is 4.26. The van der Waals surface area contributed by atoms with Gasteiger partial charge < -0.3 is 10.6 Å². The molecule has 1 aromatic carbocycles. The molecule has 0 amide bonds. The van der Waals surface area contributed by atoms with Gasteiger partial charge in [-0.05, 0) is 36.8 Å². The van der Waals surface area contributed by atoms with Crippen molar-refractivity contribution >= 4 is 28.9 Å². The monoisotopic (exact) mass is 343 g/mol. The minimum atomic E-state index is -0.462. The Morgan fingerprint density at radius 2 is 2.05 bits per heavy atom. The summed E-state index contributed by atoms with van der Waals surface area (Å²) in [5.74, 6) is -0.375. The molecule has 0 radical (unpaired) electrons. The molecule has 118 valence electrons. The Morgan fingerprint density at radius 1 is 1.23 bits per heavy atom. The average Bonchev–Trinajstić information content (AvgIpc) is 2.91. The van der Waals surface area contributed by atoms with E-state index < -0.39 is 11.6 Å². The fraction of sp³-hybridized carbons (Fsp3) is 0.267. The van der Waals surface area contributed by atoms with Gasteiger partial charge in [-0.15, -0.1) is 11.3 Å². The molecule has 2 aromatic rings. The highest BCUT2D eigenvalue weighted by atomic mass is 35.5. The van der Waals surface area contributed by atoms with Gasteiger partial charge in [0.1, 0.15) is 11.6 Å². The van der Waals surface area contributed by atoms with Crippen LogP contribution in [-0.4, -0.2) is 19.6 Å². The zero-order valence-electron chi connectivity index (χ0n) is 12.0. The Kier molecular flexibility index (Phi) is 6.15. The third-order valence-electron chi connectivity index (χ3n) is 2.97. The van der Waals surface area contributed by atoms with E-state index >= 15 is 0 Å². The van der Waals surface area contributed by atoms with E-state index in [1.807, 2.05) is 12.1 Å². The third kappa shape index (κ3) is 4.96. The molecule has 22 heavy (non-hydrogen) atoms. The molecule has 0 aliphatic carbocycles. The minimum absolute atomic E-state index is 0.161. The van der Waals surface area contributed by atoms with Gasteiger partial charge in [-0.1, -0.05) is 11.6 Å². The summed E-state index contributed by atoms with van der Waals surface area (Å²) < 4.78 is 27.4. The first-order valence-corrected chi connectivity index (χ1v) is 7.90. The number of hydrogen-bond donors (Lipinski definition) is 2. The number of aliphatic imine (C=N–C) groups is 1. The molecule has 1 aromatic heterocycles. The van der Waals surface area contributed by atoms with Crippen LogP contribution in [0.1, 0.15) is 10.4 Å². The lowest BCUT2D eigenvalue weighted by Crippen LogP contribution is -2.38. The average molecular weight is 344 g/mol. The normalized spacial score (nSPS) is 11.5. The first-order valence-electron chi connectivity index (χ1n) is 6.71. The maximum Gasteiger partial charge on any atom is 0.191 e. The Hall–Kier alpha value is -1.66. The lowest BCUT2D eigenvalue weighted by Gasteiger charge is -2.12. The fourth-order valence-corrected chi connectivity index (χ4v) is 2.96. The molecule has 0 unspecified atom stereocenters. The van der Waals surface area contributed by atoms with Gasteiger partial charge in [-0.2, -0.15) is 0 Å². The lowest BCUT2D eigenvalue weighted by atomic mass is 10.2. The first kappa shape index (κ1) is 16.7. The standard InChI is InChI=1S/C15H16ClF2N3S/c1-19-15(20-7-6-12-3-5-14(16)22-12)21-9-10-8-11(17)2-4-13(10)18/h2-5,8H,6-7,9H2,1H3,(H2,19,20,21). The Bertz CT molecular complexity index is 658. The van der Waals surface area contributed by atoms with Crippen LogP contribution in [0.2, 0.25) is 4.34 Å². The molecular formula is C15H16ClF2N3S. The molecule has 2 N–H and O–H groups in total. The van der Waals surface area contributed by atoms with Crippen molar-refractivity contribution in [3.63, 3.8) is 0 Å².